The Labute approximate surface area is 110 Å². The zero-order chi connectivity index (χ0) is 13.0. The summed E-state index contributed by atoms with van der Waals surface area (Å²) in [5.74, 6) is 0. The Bertz CT molecular complexity index is 419. The van der Waals surface area contributed by atoms with Crippen LogP contribution >= 0.6 is 0 Å². The van der Waals surface area contributed by atoms with Gasteiger partial charge < -0.3 is 0 Å². The summed E-state index contributed by atoms with van der Waals surface area (Å²) < 4.78 is 0. The van der Waals surface area contributed by atoms with Gasteiger partial charge in [0.25, 0.3) is 0 Å². The van der Waals surface area contributed by atoms with E-state index in [1.54, 1.807) is 0 Å². The average Bonchev–Trinajstić information content (AvgIpc) is 2.34. The number of nitriles is 1. The lowest BCUT2D eigenvalue weighted by Crippen LogP contribution is -2.58. The predicted molar refractivity (Wildman–Crippen MR) is 73.0 cm³/mol. The second kappa shape index (κ2) is 5.51. The van der Waals surface area contributed by atoms with Crippen LogP contribution in [0.1, 0.15) is 19.4 Å². The first-order chi connectivity index (χ1) is 8.62. The van der Waals surface area contributed by atoms with E-state index in [2.05, 4.69) is 60.0 Å². The van der Waals surface area contributed by atoms with Crippen molar-refractivity contribution in [2.75, 3.05) is 26.2 Å². The van der Waals surface area contributed by atoms with E-state index in [1.165, 1.54) is 5.56 Å². The quantitative estimate of drug-likeness (QED) is 0.762. The maximum atomic E-state index is 8.78. The van der Waals surface area contributed by atoms with Crippen LogP contribution in [0.5, 0.6) is 0 Å². The molecule has 0 radical (unpaired) electrons. The number of hydrogen-bond acceptors (Lipinski definition) is 3. The van der Waals surface area contributed by atoms with E-state index >= 15 is 0 Å². The molecule has 1 aromatic rings. The molecule has 1 aromatic carbocycles. The summed E-state index contributed by atoms with van der Waals surface area (Å²) in [5.41, 5.74) is 1.49. The molecule has 0 saturated carbocycles. The minimum Gasteiger partial charge on any atom is -0.291 e. The normalized spacial score (nSPS) is 20.5. The van der Waals surface area contributed by atoms with Gasteiger partial charge >= 0.3 is 0 Å². The zero-order valence-corrected chi connectivity index (χ0v) is 11.3. The van der Waals surface area contributed by atoms with Crippen LogP contribution in [0.3, 0.4) is 0 Å². The van der Waals surface area contributed by atoms with E-state index in [0.29, 0.717) is 6.54 Å². The average molecular weight is 243 g/mol. The summed E-state index contributed by atoms with van der Waals surface area (Å²) in [6.45, 7) is 9.05. The molecule has 0 spiro atoms. The van der Waals surface area contributed by atoms with E-state index < -0.39 is 0 Å². The third-order valence-corrected chi connectivity index (χ3v) is 3.66. The Morgan fingerprint density at radius 3 is 2.56 bits per heavy atom. The molecule has 1 saturated heterocycles. The summed E-state index contributed by atoms with van der Waals surface area (Å²) in [7, 11) is 0. The lowest BCUT2D eigenvalue weighted by molar-refractivity contribution is 0.0196. The van der Waals surface area contributed by atoms with Crippen molar-refractivity contribution >= 4 is 0 Å². The fourth-order valence-corrected chi connectivity index (χ4v) is 2.62. The molecule has 0 unspecified atom stereocenters. The second-order valence-electron chi connectivity index (χ2n) is 5.59. The van der Waals surface area contributed by atoms with E-state index in [4.69, 9.17) is 5.26 Å². The predicted octanol–water partition coefficient (Wildman–Crippen LogP) is 2.11. The summed E-state index contributed by atoms with van der Waals surface area (Å²) in [6.07, 6.45) is 0. The first kappa shape index (κ1) is 13.1. The molecule has 18 heavy (non-hydrogen) atoms. The molecule has 0 amide bonds. The SMILES string of the molecule is CC1(C)CN(CC#N)CCN1Cc1ccccc1. The minimum absolute atomic E-state index is 0.130. The molecule has 1 heterocycles. The zero-order valence-electron chi connectivity index (χ0n) is 11.3. The number of rotatable bonds is 3. The number of benzene rings is 1. The molecule has 0 bridgehead atoms. The number of piperazine rings is 1. The van der Waals surface area contributed by atoms with Gasteiger partial charge in [0, 0.05) is 31.7 Å². The van der Waals surface area contributed by atoms with Crippen molar-refractivity contribution < 1.29 is 0 Å². The highest BCUT2D eigenvalue weighted by Crippen LogP contribution is 2.22. The van der Waals surface area contributed by atoms with Gasteiger partial charge in [-0.25, -0.2) is 0 Å². The van der Waals surface area contributed by atoms with Gasteiger partial charge in [0.15, 0.2) is 0 Å². The number of hydrogen-bond donors (Lipinski definition) is 0. The standard InChI is InChI=1S/C15H21N3/c1-15(2)13-17(9-8-16)10-11-18(15)12-14-6-4-3-5-7-14/h3-7H,9-13H2,1-2H3. The minimum atomic E-state index is 0.130. The van der Waals surface area contributed by atoms with Crippen LogP contribution in [-0.2, 0) is 6.54 Å². The van der Waals surface area contributed by atoms with Crippen LogP contribution in [0.25, 0.3) is 0 Å². The second-order valence-corrected chi connectivity index (χ2v) is 5.59. The largest absolute Gasteiger partial charge is 0.291 e. The van der Waals surface area contributed by atoms with Crippen LogP contribution in [0.2, 0.25) is 0 Å². The van der Waals surface area contributed by atoms with Crippen molar-refractivity contribution in [1.82, 2.24) is 9.80 Å². The summed E-state index contributed by atoms with van der Waals surface area (Å²) in [6, 6.07) is 12.8. The lowest BCUT2D eigenvalue weighted by atomic mass is 9.98. The van der Waals surface area contributed by atoms with Gasteiger partial charge in [0.1, 0.15) is 0 Å². The molecule has 2 rings (SSSR count). The molecule has 0 aromatic heterocycles. The molecule has 1 aliphatic heterocycles. The van der Waals surface area contributed by atoms with Gasteiger partial charge in [-0.2, -0.15) is 5.26 Å². The fraction of sp³-hybridized carbons (Fsp3) is 0.533. The molecule has 0 atom stereocenters. The molecule has 0 N–H and O–H groups in total. The van der Waals surface area contributed by atoms with E-state index in [0.717, 1.165) is 26.2 Å². The van der Waals surface area contributed by atoms with Gasteiger partial charge in [-0.15, -0.1) is 0 Å². The molecule has 1 aliphatic rings. The van der Waals surface area contributed by atoms with E-state index in [1.807, 2.05) is 0 Å². The van der Waals surface area contributed by atoms with Gasteiger partial charge in [0.2, 0.25) is 0 Å². The molecule has 0 aliphatic carbocycles. The number of nitrogens with zero attached hydrogens (tertiary/aromatic N) is 3. The van der Waals surface area contributed by atoms with E-state index in [9.17, 15) is 0 Å². The summed E-state index contributed by atoms with van der Waals surface area (Å²) in [4.78, 5) is 4.75. The molecule has 1 fully saturated rings. The molecule has 3 nitrogen and oxygen atoms in total. The Hall–Kier alpha value is -1.37. The Balaban J connectivity index is 2.00. The van der Waals surface area contributed by atoms with Gasteiger partial charge in [-0.1, -0.05) is 30.3 Å². The third-order valence-electron chi connectivity index (χ3n) is 3.66. The Kier molecular flexibility index (Phi) is 4.00. The van der Waals surface area contributed by atoms with Crippen molar-refractivity contribution in [3.8, 4) is 6.07 Å². The Morgan fingerprint density at radius 2 is 1.94 bits per heavy atom. The molecule has 96 valence electrons. The molecular formula is C15H21N3. The topological polar surface area (TPSA) is 30.3 Å². The van der Waals surface area contributed by atoms with Crippen molar-refractivity contribution in [3.63, 3.8) is 0 Å². The summed E-state index contributed by atoms with van der Waals surface area (Å²) >= 11 is 0. The molecular weight excluding hydrogens is 222 g/mol. The smallest absolute Gasteiger partial charge is 0.0867 e. The van der Waals surface area contributed by atoms with Crippen molar-refractivity contribution in [2.24, 2.45) is 0 Å². The lowest BCUT2D eigenvalue weighted by Gasteiger charge is -2.46. The van der Waals surface area contributed by atoms with Crippen LogP contribution < -0.4 is 0 Å². The van der Waals surface area contributed by atoms with Crippen molar-refractivity contribution in [2.45, 2.75) is 25.9 Å². The van der Waals surface area contributed by atoms with Gasteiger partial charge in [-0.05, 0) is 19.4 Å². The van der Waals surface area contributed by atoms with Gasteiger partial charge in [0.05, 0.1) is 12.6 Å². The highest BCUT2D eigenvalue weighted by atomic mass is 15.3. The maximum Gasteiger partial charge on any atom is 0.0867 e. The summed E-state index contributed by atoms with van der Waals surface area (Å²) in [5, 5.41) is 8.78. The monoisotopic (exact) mass is 243 g/mol. The fourth-order valence-electron chi connectivity index (χ4n) is 2.62. The van der Waals surface area contributed by atoms with E-state index in [-0.39, 0.29) is 5.54 Å². The van der Waals surface area contributed by atoms with Crippen LogP contribution in [0.15, 0.2) is 30.3 Å². The highest BCUT2D eigenvalue weighted by Gasteiger charge is 2.33. The van der Waals surface area contributed by atoms with Gasteiger partial charge in [-0.3, -0.25) is 9.80 Å². The van der Waals surface area contributed by atoms with Crippen molar-refractivity contribution in [1.29, 1.82) is 5.26 Å². The van der Waals surface area contributed by atoms with Crippen molar-refractivity contribution in [3.05, 3.63) is 35.9 Å². The Morgan fingerprint density at radius 1 is 1.22 bits per heavy atom. The highest BCUT2D eigenvalue weighted by molar-refractivity contribution is 5.15. The third kappa shape index (κ3) is 3.10. The van der Waals surface area contributed by atoms with Crippen LogP contribution in [0, 0.1) is 11.3 Å². The first-order valence-electron chi connectivity index (χ1n) is 6.50. The van der Waals surface area contributed by atoms with Crippen LogP contribution in [0.4, 0.5) is 0 Å². The van der Waals surface area contributed by atoms with Crippen LogP contribution in [-0.4, -0.2) is 41.5 Å². The molecule has 3 heteroatoms. The maximum absolute atomic E-state index is 8.78. The first-order valence-corrected chi connectivity index (χ1v) is 6.50.